The number of hydrogen-bond acceptors (Lipinski definition) is 4. The molecule has 0 radical (unpaired) electrons. The van der Waals surface area contributed by atoms with Gasteiger partial charge in [0.15, 0.2) is 0 Å². The van der Waals surface area contributed by atoms with Crippen molar-refractivity contribution < 1.29 is 19.4 Å². The monoisotopic (exact) mass is 452 g/mol. The Morgan fingerprint density at radius 1 is 1.19 bits per heavy atom. The molecule has 1 aromatic heterocycles. The number of unbranched alkanes of at least 4 members (excludes halogenated alkanes) is 2. The highest BCUT2D eigenvalue weighted by Crippen LogP contribution is 2.43. The fourth-order valence-electron chi connectivity index (χ4n) is 4.30. The molecule has 6 nitrogen and oxygen atoms in total. The molecule has 1 unspecified atom stereocenters. The number of aliphatic hydroxyl groups excluding tert-OH is 1. The standard InChI is InChI=1S/C25H25ClN2O4/c1-3-4-7-12-28-22(18-14-27-19-9-6-5-8-16(18)19)21(24(30)25(28)31)23(29)17-13-15(26)10-11-20(17)32-2/h5-6,8-11,13-14,22,27,29H,3-4,7,12H2,1-2H3/b23-21+. The van der Waals surface area contributed by atoms with Crippen LogP contribution in [-0.2, 0) is 9.59 Å². The third-order valence-electron chi connectivity index (χ3n) is 5.88. The molecule has 1 fully saturated rings. The number of likely N-dealkylation sites (tertiary alicyclic amines) is 1. The Bertz CT molecular complexity index is 1210. The summed E-state index contributed by atoms with van der Waals surface area (Å²) in [6, 6.07) is 11.8. The van der Waals surface area contributed by atoms with Gasteiger partial charge in [0.2, 0.25) is 0 Å². The Balaban J connectivity index is 1.93. The van der Waals surface area contributed by atoms with Gasteiger partial charge in [0.1, 0.15) is 11.5 Å². The average molecular weight is 453 g/mol. The molecule has 0 saturated carbocycles. The van der Waals surface area contributed by atoms with Crippen LogP contribution < -0.4 is 4.74 Å². The summed E-state index contributed by atoms with van der Waals surface area (Å²) in [7, 11) is 1.47. The number of aliphatic hydroxyl groups is 1. The number of ketones is 1. The van der Waals surface area contributed by atoms with E-state index in [1.54, 1.807) is 23.2 Å². The molecule has 0 spiro atoms. The number of Topliss-reactive ketones (excluding diaryl/α,β-unsaturated/α-hetero) is 1. The number of halogens is 1. The maximum atomic E-state index is 13.2. The van der Waals surface area contributed by atoms with E-state index < -0.39 is 17.7 Å². The van der Waals surface area contributed by atoms with Crippen molar-refractivity contribution in [1.82, 2.24) is 9.88 Å². The summed E-state index contributed by atoms with van der Waals surface area (Å²) in [6.07, 6.45) is 4.49. The molecular weight excluding hydrogens is 428 g/mol. The van der Waals surface area contributed by atoms with Crippen molar-refractivity contribution in [3.8, 4) is 5.75 Å². The van der Waals surface area contributed by atoms with Crippen LogP contribution in [0.1, 0.15) is 43.4 Å². The second-order valence-electron chi connectivity index (χ2n) is 7.83. The first-order valence-corrected chi connectivity index (χ1v) is 11.0. The number of benzene rings is 2. The predicted molar refractivity (Wildman–Crippen MR) is 125 cm³/mol. The topological polar surface area (TPSA) is 82.6 Å². The van der Waals surface area contributed by atoms with Gasteiger partial charge in [0.25, 0.3) is 11.7 Å². The lowest BCUT2D eigenvalue weighted by atomic mass is 9.94. The zero-order chi connectivity index (χ0) is 22.8. The highest BCUT2D eigenvalue weighted by Gasteiger charge is 2.46. The number of nitrogens with zero attached hydrogens (tertiary/aromatic N) is 1. The van der Waals surface area contributed by atoms with Crippen molar-refractivity contribution >= 4 is 40.0 Å². The minimum atomic E-state index is -0.716. The van der Waals surface area contributed by atoms with E-state index in [1.165, 1.54) is 13.2 Å². The Morgan fingerprint density at radius 2 is 1.97 bits per heavy atom. The number of ether oxygens (including phenoxy) is 1. The number of methoxy groups -OCH3 is 1. The van der Waals surface area contributed by atoms with Crippen molar-refractivity contribution in [1.29, 1.82) is 0 Å². The summed E-state index contributed by atoms with van der Waals surface area (Å²) in [6.45, 7) is 2.50. The van der Waals surface area contributed by atoms with Gasteiger partial charge in [-0.1, -0.05) is 49.6 Å². The van der Waals surface area contributed by atoms with Gasteiger partial charge in [-0.3, -0.25) is 9.59 Å². The van der Waals surface area contributed by atoms with Gasteiger partial charge in [0, 0.05) is 34.2 Å². The third kappa shape index (κ3) is 3.75. The van der Waals surface area contributed by atoms with Crippen molar-refractivity contribution in [2.24, 2.45) is 0 Å². The van der Waals surface area contributed by atoms with Crippen molar-refractivity contribution in [2.45, 2.75) is 32.2 Å². The zero-order valence-corrected chi connectivity index (χ0v) is 18.8. The Labute approximate surface area is 191 Å². The lowest BCUT2D eigenvalue weighted by Gasteiger charge is -2.25. The number of carbonyl (C=O) groups is 2. The van der Waals surface area contributed by atoms with E-state index in [0.717, 1.165) is 35.7 Å². The molecule has 0 bridgehead atoms. The average Bonchev–Trinajstić information content (AvgIpc) is 3.33. The van der Waals surface area contributed by atoms with E-state index in [2.05, 4.69) is 11.9 Å². The first kappa shape index (κ1) is 22.0. The number of rotatable bonds is 7. The highest BCUT2D eigenvalue weighted by atomic mass is 35.5. The van der Waals surface area contributed by atoms with E-state index >= 15 is 0 Å². The lowest BCUT2D eigenvalue weighted by Crippen LogP contribution is -2.30. The molecule has 1 aliphatic rings. The van der Waals surface area contributed by atoms with Crippen LogP contribution in [-0.4, -0.2) is 40.3 Å². The molecular formula is C25H25ClN2O4. The van der Waals surface area contributed by atoms with Crippen LogP contribution in [0, 0.1) is 0 Å². The van der Waals surface area contributed by atoms with Gasteiger partial charge in [-0.15, -0.1) is 0 Å². The van der Waals surface area contributed by atoms with Crippen molar-refractivity contribution in [3.63, 3.8) is 0 Å². The first-order valence-electron chi connectivity index (χ1n) is 10.7. The number of aromatic nitrogens is 1. The molecule has 2 N–H and O–H groups in total. The number of amides is 1. The van der Waals surface area contributed by atoms with E-state index in [1.807, 2.05) is 24.3 Å². The number of carbonyl (C=O) groups excluding carboxylic acids is 2. The smallest absolute Gasteiger partial charge is 0.295 e. The summed E-state index contributed by atoms with van der Waals surface area (Å²) in [5, 5.41) is 12.6. The lowest BCUT2D eigenvalue weighted by molar-refractivity contribution is -0.139. The number of para-hydroxylation sites is 1. The van der Waals surface area contributed by atoms with Gasteiger partial charge in [0.05, 0.1) is 24.3 Å². The van der Waals surface area contributed by atoms with Crippen LogP contribution in [0.5, 0.6) is 5.75 Å². The minimum Gasteiger partial charge on any atom is -0.507 e. The Morgan fingerprint density at radius 3 is 2.72 bits per heavy atom. The molecule has 1 amide bonds. The van der Waals surface area contributed by atoms with Gasteiger partial charge in [-0.2, -0.15) is 0 Å². The van der Waals surface area contributed by atoms with Crippen LogP contribution in [0.15, 0.2) is 54.2 Å². The van der Waals surface area contributed by atoms with Crippen LogP contribution in [0.2, 0.25) is 5.02 Å². The third-order valence-corrected chi connectivity index (χ3v) is 6.11. The molecule has 1 saturated heterocycles. The summed E-state index contributed by atoms with van der Waals surface area (Å²) in [5.74, 6) is -1.26. The second-order valence-corrected chi connectivity index (χ2v) is 8.27. The molecule has 3 aromatic rings. The van der Waals surface area contributed by atoms with Crippen LogP contribution in [0.3, 0.4) is 0 Å². The highest BCUT2D eigenvalue weighted by molar-refractivity contribution is 6.46. The van der Waals surface area contributed by atoms with E-state index in [4.69, 9.17) is 16.3 Å². The van der Waals surface area contributed by atoms with Crippen molar-refractivity contribution in [3.05, 3.63) is 70.4 Å². The fourth-order valence-corrected chi connectivity index (χ4v) is 4.47. The summed E-state index contributed by atoms with van der Waals surface area (Å²) < 4.78 is 5.38. The van der Waals surface area contributed by atoms with E-state index in [9.17, 15) is 14.7 Å². The zero-order valence-electron chi connectivity index (χ0n) is 18.0. The number of hydrogen-bond donors (Lipinski definition) is 2. The SMILES string of the molecule is CCCCCN1C(=O)C(=O)/C(=C(/O)c2cc(Cl)ccc2OC)C1c1c[nH]c2ccccc12. The Hall–Kier alpha value is -3.25. The second kappa shape index (κ2) is 9.09. The molecule has 1 aliphatic heterocycles. The minimum absolute atomic E-state index is 0.0387. The Kier molecular flexibility index (Phi) is 6.24. The molecule has 32 heavy (non-hydrogen) atoms. The number of H-pyrrole nitrogens is 1. The van der Waals surface area contributed by atoms with Gasteiger partial charge >= 0.3 is 0 Å². The molecule has 166 valence electrons. The summed E-state index contributed by atoms with van der Waals surface area (Å²) >= 11 is 6.16. The maximum absolute atomic E-state index is 13.2. The van der Waals surface area contributed by atoms with E-state index in [0.29, 0.717) is 17.3 Å². The van der Waals surface area contributed by atoms with E-state index in [-0.39, 0.29) is 16.9 Å². The van der Waals surface area contributed by atoms with Crippen LogP contribution >= 0.6 is 11.6 Å². The maximum Gasteiger partial charge on any atom is 0.295 e. The number of aromatic amines is 1. The van der Waals surface area contributed by atoms with Gasteiger partial charge < -0.3 is 19.7 Å². The van der Waals surface area contributed by atoms with Crippen LogP contribution in [0.4, 0.5) is 0 Å². The van der Waals surface area contributed by atoms with Gasteiger partial charge in [-0.05, 0) is 30.7 Å². The largest absolute Gasteiger partial charge is 0.507 e. The van der Waals surface area contributed by atoms with Crippen molar-refractivity contribution in [2.75, 3.05) is 13.7 Å². The summed E-state index contributed by atoms with van der Waals surface area (Å²) in [4.78, 5) is 31.0. The molecule has 1 atom stereocenters. The number of nitrogens with one attached hydrogen (secondary N) is 1. The van der Waals surface area contributed by atoms with Gasteiger partial charge in [-0.25, -0.2) is 0 Å². The molecule has 7 heteroatoms. The first-order chi connectivity index (χ1) is 15.5. The normalized spacial score (nSPS) is 18.0. The molecule has 4 rings (SSSR count). The fraction of sp³-hybridized carbons (Fsp3) is 0.280. The number of fused-ring (bicyclic) bond motifs is 1. The predicted octanol–water partition coefficient (Wildman–Crippen LogP) is 5.44. The van der Waals surface area contributed by atoms with Crippen LogP contribution in [0.25, 0.3) is 16.7 Å². The quantitative estimate of drug-likeness (QED) is 0.216. The molecule has 2 heterocycles. The summed E-state index contributed by atoms with van der Waals surface area (Å²) in [5.41, 5.74) is 1.97. The molecule has 0 aliphatic carbocycles. The molecule has 2 aromatic carbocycles.